The van der Waals surface area contributed by atoms with Gasteiger partial charge in [-0.2, -0.15) is 0 Å². The predicted octanol–water partition coefficient (Wildman–Crippen LogP) is 1.10. The number of halogens is 1. The number of pyridine rings is 1. The fraction of sp³-hybridized carbons (Fsp3) is 0.538. The van der Waals surface area contributed by atoms with Crippen molar-refractivity contribution in [1.82, 2.24) is 9.88 Å². The molecule has 1 unspecified atom stereocenters. The Bertz CT molecular complexity index is 468. The third-order valence-electron chi connectivity index (χ3n) is 3.23. The van der Waals surface area contributed by atoms with Crippen LogP contribution in [0, 0.1) is 11.7 Å². The molecule has 1 saturated heterocycles. The summed E-state index contributed by atoms with van der Waals surface area (Å²) in [6, 6.07) is 2.66. The summed E-state index contributed by atoms with van der Waals surface area (Å²) >= 11 is 0. The van der Waals surface area contributed by atoms with Gasteiger partial charge in [0.05, 0.1) is 6.20 Å². The number of carbonyl (C=O) groups excluding carboxylic acids is 1. The van der Waals surface area contributed by atoms with Crippen molar-refractivity contribution in [2.75, 3.05) is 31.1 Å². The maximum absolute atomic E-state index is 12.7. The number of rotatable bonds is 4. The Balaban J connectivity index is 1.92. The van der Waals surface area contributed by atoms with Crippen LogP contribution in [0.2, 0.25) is 0 Å². The van der Waals surface area contributed by atoms with Crippen LogP contribution >= 0.6 is 0 Å². The number of aromatic nitrogens is 1. The maximum atomic E-state index is 12.7. The van der Waals surface area contributed by atoms with Gasteiger partial charge in [-0.3, -0.25) is 14.0 Å². The monoisotopic (exact) mass is 284 g/mol. The van der Waals surface area contributed by atoms with Gasteiger partial charge in [0.2, 0.25) is 0 Å². The van der Waals surface area contributed by atoms with Gasteiger partial charge < -0.3 is 4.90 Å². The molecular formula is C13H17FN2O2S. The molecule has 0 spiro atoms. The first-order chi connectivity index (χ1) is 9.06. The fourth-order valence-corrected chi connectivity index (χ4v) is 3.23. The molecule has 6 heteroatoms. The molecule has 4 nitrogen and oxygen atoms in total. The van der Waals surface area contributed by atoms with E-state index in [1.807, 2.05) is 6.92 Å². The first-order valence-corrected chi connectivity index (χ1v) is 7.78. The van der Waals surface area contributed by atoms with Gasteiger partial charge in [-0.1, -0.05) is 6.92 Å². The number of hydrogen-bond acceptors (Lipinski definition) is 4. The summed E-state index contributed by atoms with van der Waals surface area (Å²) in [7, 11) is -0.706. The number of carbonyl (C=O) groups is 1. The minimum Gasteiger partial charge on any atom is -0.301 e. The average Bonchev–Trinajstić information content (AvgIpc) is 2.41. The molecule has 0 aliphatic carbocycles. The summed E-state index contributed by atoms with van der Waals surface area (Å²) < 4.78 is 24.0. The predicted molar refractivity (Wildman–Crippen MR) is 72.0 cm³/mol. The van der Waals surface area contributed by atoms with E-state index in [4.69, 9.17) is 0 Å². The van der Waals surface area contributed by atoms with E-state index in [9.17, 15) is 13.4 Å². The number of ketones is 1. The molecule has 1 aromatic rings. The van der Waals surface area contributed by atoms with Crippen molar-refractivity contribution in [3.8, 4) is 0 Å². The normalized spacial score (nSPS) is 19.3. The number of nitrogens with zero attached hydrogens (tertiary/aromatic N) is 2. The van der Waals surface area contributed by atoms with E-state index in [-0.39, 0.29) is 11.7 Å². The lowest BCUT2D eigenvalue weighted by atomic mass is 10.0. The Labute approximate surface area is 114 Å². The summed E-state index contributed by atoms with van der Waals surface area (Å²) in [6.07, 6.45) is 1.06. The van der Waals surface area contributed by atoms with E-state index in [0.717, 1.165) is 19.3 Å². The Hall–Kier alpha value is -1.14. The Morgan fingerprint density at radius 1 is 1.47 bits per heavy atom. The van der Waals surface area contributed by atoms with Gasteiger partial charge in [-0.15, -0.1) is 0 Å². The van der Waals surface area contributed by atoms with E-state index in [1.54, 1.807) is 0 Å². The fourth-order valence-electron chi connectivity index (χ4n) is 2.10. The minimum atomic E-state index is -0.706. The lowest BCUT2D eigenvalue weighted by Gasteiger charge is -2.28. The van der Waals surface area contributed by atoms with E-state index in [2.05, 4.69) is 9.88 Å². The second-order valence-electron chi connectivity index (χ2n) is 4.78. The highest BCUT2D eigenvalue weighted by atomic mass is 32.2. The first-order valence-electron chi connectivity index (χ1n) is 6.29. The van der Waals surface area contributed by atoms with Gasteiger partial charge in [0.25, 0.3) is 0 Å². The molecule has 2 rings (SSSR count). The molecule has 2 heterocycles. The Morgan fingerprint density at radius 2 is 2.16 bits per heavy atom. The molecule has 0 aromatic carbocycles. The maximum Gasteiger partial charge on any atom is 0.185 e. The Kier molecular flexibility index (Phi) is 4.76. The van der Waals surface area contributed by atoms with Gasteiger partial charge in [-0.05, 0) is 12.1 Å². The van der Waals surface area contributed by atoms with Crippen molar-refractivity contribution < 1.29 is 13.4 Å². The van der Waals surface area contributed by atoms with E-state index in [0.29, 0.717) is 23.7 Å². The number of Topliss-reactive ketones (excluding diaryl/α,β-unsaturated/α-hetero) is 1. The molecule has 0 bridgehead atoms. The van der Waals surface area contributed by atoms with Crippen LogP contribution in [-0.2, 0) is 10.8 Å². The number of hydrogen-bond donors (Lipinski definition) is 0. The van der Waals surface area contributed by atoms with Crippen molar-refractivity contribution in [3.05, 3.63) is 29.8 Å². The van der Waals surface area contributed by atoms with Gasteiger partial charge in [-0.25, -0.2) is 4.39 Å². The highest BCUT2D eigenvalue weighted by Crippen LogP contribution is 2.11. The molecule has 1 fully saturated rings. The molecule has 104 valence electrons. The SMILES string of the molecule is CC(CN1CCS(=O)CC1)C(=O)c1ccc(F)cn1. The van der Waals surface area contributed by atoms with Crippen LogP contribution in [0.5, 0.6) is 0 Å². The molecule has 0 radical (unpaired) electrons. The summed E-state index contributed by atoms with van der Waals surface area (Å²) in [5.74, 6) is 0.643. The van der Waals surface area contributed by atoms with E-state index < -0.39 is 16.6 Å². The van der Waals surface area contributed by atoms with Crippen molar-refractivity contribution in [3.63, 3.8) is 0 Å². The summed E-state index contributed by atoms with van der Waals surface area (Å²) in [5, 5.41) is 0. The third-order valence-corrected chi connectivity index (χ3v) is 4.51. The molecule has 1 aliphatic heterocycles. The zero-order chi connectivity index (χ0) is 13.8. The molecule has 1 aliphatic rings. The Morgan fingerprint density at radius 3 is 2.74 bits per heavy atom. The third kappa shape index (κ3) is 3.91. The van der Waals surface area contributed by atoms with Crippen molar-refractivity contribution in [2.45, 2.75) is 6.92 Å². The zero-order valence-electron chi connectivity index (χ0n) is 10.8. The quantitative estimate of drug-likeness (QED) is 0.777. The van der Waals surface area contributed by atoms with Crippen LogP contribution in [0.1, 0.15) is 17.4 Å². The second kappa shape index (κ2) is 6.34. The molecule has 0 N–H and O–H groups in total. The van der Waals surface area contributed by atoms with Crippen LogP contribution < -0.4 is 0 Å². The summed E-state index contributed by atoms with van der Waals surface area (Å²) in [4.78, 5) is 18.1. The molecule has 0 amide bonds. The average molecular weight is 284 g/mol. The minimum absolute atomic E-state index is 0.0771. The molecular weight excluding hydrogens is 267 g/mol. The van der Waals surface area contributed by atoms with E-state index >= 15 is 0 Å². The topological polar surface area (TPSA) is 50.3 Å². The van der Waals surface area contributed by atoms with Gasteiger partial charge in [0.15, 0.2) is 5.78 Å². The van der Waals surface area contributed by atoms with Crippen LogP contribution in [0.4, 0.5) is 4.39 Å². The largest absolute Gasteiger partial charge is 0.301 e. The van der Waals surface area contributed by atoms with Gasteiger partial charge in [0.1, 0.15) is 11.5 Å². The van der Waals surface area contributed by atoms with Gasteiger partial charge in [0, 0.05) is 47.9 Å². The molecule has 1 atom stereocenters. The molecule has 19 heavy (non-hydrogen) atoms. The lowest BCUT2D eigenvalue weighted by Crippen LogP contribution is -2.41. The highest BCUT2D eigenvalue weighted by Gasteiger charge is 2.22. The van der Waals surface area contributed by atoms with Gasteiger partial charge >= 0.3 is 0 Å². The van der Waals surface area contributed by atoms with Crippen molar-refractivity contribution in [1.29, 1.82) is 0 Å². The summed E-state index contributed by atoms with van der Waals surface area (Å²) in [5.41, 5.74) is 0.300. The van der Waals surface area contributed by atoms with Crippen LogP contribution in [0.3, 0.4) is 0 Å². The second-order valence-corrected chi connectivity index (χ2v) is 6.47. The van der Waals surface area contributed by atoms with Crippen molar-refractivity contribution in [2.24, 2.45) is 5.92 Å². The van der Waals surface area contributed by atoms with E-state index in [1.165, 1.54) is 12.1 Å². The van der Waals surface area contributed by atoms with Crippen LogP contribution in [-0.4, -0.2) is 51.0 Å². The lowest BCUT2D eigenvalue weighted by molar-refractivity contribution is 0.0892. The highest BCUT2D eigenvalue weighted by molar-refractivity contribution is 7.85. The van der Waals surface area contributed by atoms with Crippen molar-refractivity contribution >= 4 is 16.6 Å². The van der Waals surface area contributed by atoms with Crippen LogP contribution in [0.25, 0.3) is 0 Å². The first kappa shape index (κ1) is 14.3. The smallest absolute Gasteiger partial charge is 0.185 e. The molecule has 1 aromatic heterocycles. The summed E-state index contributed by atoms with van der Waals surface area (Å²) in [6.45, 7) is 4.01. The van der Waals surface area contributed by atoms with Crippen LogP contribution in [0.15, 0.2) is 18.3 Å². The molecule has 0 saturated carbocycles. The zero-order valence-corrected chi connectivity index (χ0v) is 11.7. The standard InChI is InChI=1S/C13H17FN2O2S/c1-10(9-16-4-6-19(18)7-5-16)13(17)12-3-2-11(14)8-15-12/h2-3,8,10H,4-7,9H2,1H3.